The van der Waals surface area contributed by atoms with Crippen molar-refractivity contribution < 1.29 is 129 Å². The monoisotopic (exact) mass is 2050 g/mol. The summed E-state index contributed by atoms with van der Waals surface area (Å²) in [5, 5.41) is 17.2. The highest BCUT2D eigenvalue weighted by molar-refractivity contribution is 9.11. The van der Waals surface area contributed by atoms with Gasteiger partial charge in [0, 0.05) is 83.4 Å². The molecule has 0 aliphatic heterocycles. The number of nitrogens with two attached hydrogens (primary N) is 1. The molecule has 0 saturated heterocycles. The number of esters is 7. The summed E-state index contributed by atoms with van der Waals surface area (Å²) in [7, 11) is 3.60. The molecular formula is C76H124Br6N8O27. The molecule has 0 saturated carbocycles. The Kier molecular flexibility index (Phi) is 51.1. The number of hydrogen-bond acceptors (Lipinski definition) is 29. The zero-order valence-electron chi connectivity index (χ0n) is 71.0. The molecule has 2 aromatic rings. The van der Waals surface area contributed by atoms with Crippen LogP contribution < -0.4 is 21.7 Å². The average Bonchev–Trinajstić information content (AvgIpc) is 1.53. The number of aromatic nitrogens is 4. The van der Waals surface area contributed by atoms with Gasteiger partial charge in [-0.2, -0.15) is 0 Å². The normalized spacial score (nSPS) is 12.8. The number of ketones is 1. The maximum absolute atomic E-state index is 13.0. The molecule has 6 N–H and O–H groups in total. The molecule has 672 valence electrons. The predicted octanol–water partition coefficient (Wildman–Crippen LogP) is 8.15. The number of halogens is 6. The Morgan fingerprint density at radius 2 is 0.752 bits per heavy atom. The number of imidazole rings is 2. The summed E-state index contributed by atoms with van der Waals surface area (Å²) < 4.78 is 74.0. The van der Waals surface area contributed by atoms with E-state index in [4.69, 9.17) is 72.0 Å². The predicted molar refractivity (Wildman–Crippen MR) is 451 cm³/mol. The van der Waals surface area contributed by atoms with Crippen LogP contribution in [0.15, 0.2) is 25.0 Å². The molecule has 2 rings (SSSR count). The zero-order valence-corrected chi connectivity index (χ0v) is 80.6. The molecule has 0 aliphatic carbocycles. The van der Waals surface area contributed by atoms with E-state index in [9.17, 15) is 62.6 Å². The Morgan fingerprint density at radius 1 is 0.436 bits per heavy atom. The molecule has 1 unspecified atom stereocenters. The lowest BCUT2D eigenvalue weighted by Crippen LogP contribution is -2.47. The summed E-state index contributed by atoms with van der Waals surface area (Å²) in [5.74, 6) is -7.01. The number of amides is 3. The van der Waals surface area contributed by atoms with Gasteiger partial charge in [-0.3, -0.25) is 52.7 Å². The minimum atomic E-state index is -1.37. The van der Waals surface area contributed by atoms with Crippen molar-refractivity contribution in [1.29, 1.82) is 0 Å². The number of ether oxygens (including phenoxy) is 14. The molecular weight excluding hydrogens is 1940 g/mol. The van der Waals surface area contributed by atoms with Gasteiger partial charge in [0.15, 0.2) is 5.78 Å². The Labute approximate surface area is 737 Å². The standard InChI is InChI=1S/C38H61Br3N4O13.C25H43Br3N2O10.C13H20N2O4/c1-34(2,3)58-33(51)44-27(18-26-19-42-25-45(26)10)28(46)12-11-14-52-16-17-53-15-13-43-29(47)20-54-21-38(22-55-30(48)35(4,5)39,23-56-31(49)36(6,7)40)24-57-32(50)37(8,9)41;1-22(2,26)19(32)38-15-25(16-39-20(33)23(3,4)27,17-40-21(34)24(5,6)28)14-37-13-18(31)30-8-10-36-12-11-35-9-7-29;1-13(2,3)19-11(16)6-9(12(17)18)5-10-7-14-8-15(10)4/h19,25,27H,11-18,20-24H2,1-10H3,(H,43,47)(H,44,51);7-17,29H2,1-6H3,(H,30,31);7-9H,5-6H2,1-4H3,(H,17,18)/t;;9-/m..1/s1. The SMILES string of the molecule is CC(C)(Br)C(=O)OCC(COCC(=O)NCCOCCOCCN)(COC(=O)C(C)(C)Br)COC(=O)C(C)(C)Br.Cn1cncc1CC(NC(=O)OC(C)(C)C)C(=O)CCCOCCOCCNC(=O)COCC(COC(=O)C(C)(C)Br)(COC(=O)C(C)(C)Br)COC(=O)C(C)(C)Br.Cn1cncc1C[C@H](CC(=O)OC(C)(C)C)C(=O)O. The van der Waals surface area contributed by atoms with Crippen LogP contribution in [-0.4, -0.2) is 277 Å². The van der Waals surface area contributed by atoms with Gasteiger partial charge in [-0.15, -0.1) is 0 Å². The molecule has 2 aromatic heterocycles. The van der Waals surface area contributed by atoms with Crippen molar-refractivity contribution in [3.8, 4) is 0 Å². The third kappa shape index (κ3) is 52.6. The first kappa shape index (κ1) is 112. The van der Waals surface area contributed by atoms with Crippen LogP contribution in [-0.2, 0) is 146 Å². The van der Waals surface area contributed by atoms with Crippen molar-refractivity contribution in [3.05, 3.63) is 36.4 Å². The van der Waals surface area contributed by atoms with E-state index in [0.29, 0.717) is 39.4 Å². The van der Waals surface area contributed by atoms with E-state index in [-0.39, 0.29) is 130 Å². The number of carbonyl (C=O) groups is 12. The Balaban J connectivity index is 0.00000195. The van der Waals surface area contributed by atoms with Gasteiger partial charge in [-0.1, -0.05) is 95.6 Å². The number of carbonyl (C=O) groups excluding carboxylic acids is 11. The van der Waals surface area contributed by atoms with Gasteiger partial charge < -0.3 is 102 Å². The number of alkyl halides is 6. The maximum Gasteiger partial charge on any atom is 0.408 e. The quantitative estimate of drug-likeness (QED) is 0.0180. The number of aliphatic carboxylic acids is 1. The number of Topliss-reactive ketones (excluding diaryl/α,β-unsaturated/α-hetero) is 1. The highest BCUT2D eigenvalue weighted by Crippen LogP contribution is 2.31. The molecule has 0 bridgehead atoms. The second kappa shape index (κ2) is 53.5. The summed E-state index contributed by atoms with van der Waals surface area (Å²) in [4.78, 5) is 157. The van der Waals surface area contributed by atoms with Gasteiger partial charge in [-0.05, 0) is 131 Å². The fraction of sp³-hybridized carbons (Fsp3) is 0.763. The molecule has 0 aliphatic rings. The van der Waals surface area contributed by atoms with Crippen molar-refractivity contribution >= 4 is 167 Å². The minimum Gasteiger partial charge on any atom is -0.481 e. The van der Waals surface area contributed by atoms with Crippen LogP contribution in [0, 0.1) is 16.7 Å². The van der Waals surface area contributed by atoms with E-state index in [1.807, 2.05) is 7.05 Å². The highest BCUT2D eigenvalue weighted by Gasteiger charge is 2.44. The van der Waals surface area contributed by atoms with Gasteiger partial charge >= 0.3 is 53.8 Å². The van der Waals surface area contributed by atoms with Crippen molar-refractivity contribution in [2.45, 2.75) is 200 Å². The molecule has 0 fully saturated rings. The topological polar surface area (TPSA) is 452 Å². The molecule has 3 amide bonds. The summed E-state index contributed by atoms with van der Waals surface area (Å²) in [6.07, 6.45) is 6.77. The van der Waals surface area contributed by atoms with Crippen LogP contribution in [0.4, 0.5) is 4.79 Å². The fourth-order valence-corrected chi connectivity index (χ4v) is 9.28. The first-order chi connectivity index (χ1) is 53.7. The summed E-state index contributed by atoms with van der Waals surface area (Å²) in [5.41, 5.74) is 2.89. The van der Waals surface area contributed by atoms with Gasteiger partial charge in [0.2, 0.25) is 11.8 Å². The van der Waals surface area contributed by atoms with E-state index in [1.54, 1.807) is 166 Å². The Bertz CT molecular complexity index is 3270. The van der Waals surface area contributed by atoms with Crippen molar-refractivity contribution in [3.63, 3.8) is 0 Å². The number of nitrogens with zero attached hydrogens (tertiary/aromatic N) is 4. The average molecular weight is 2060 g/mol. The maximum atomic E-state index is 13.0. The lowest BCUT2D eigenvalue weighted by Gasteiger charge is -2.34. The minimum absolute atomic E-state index is 0.141. The molecule has 41 heteroatoms. The van der Waals surface area contributed by atoms with E-state index in [2.05, 4.69) is 121 Å². The second-order valence-corrected chi connectivity index (χ2v) is 44.1. The molecule has 2 heterocycles. The van der Waals surface area contributed by atoms with Crippen LogP contribution >= 0.6 is 95.6 Å². The fourth-order valence-electron chi connectivity index (χ4n) is 8.59. The van der Waals surface area contributed by atoms with Crippen LogP contribution in [0.5, 0.6) is 0 Å². The van der Waals surface area contributed by atoms with E-state index in [1.165, 1.54) is 0 Å². The first-order valence-electron chi connectivity index (χ1n) is 37.4. The molecule has 0 spiro atoms. The van der Waals surface area contributed by atoms with Crippen LogP contribution in [0.25, 0.3) is 0 Å². The molecule has 2 atom stereocenters. The Morgan fingerprint density at radius 3 is 1.04 bits per heavy atom. The first-order valence-corrected chi connectivity index (χ1v) is 42.2. The summed E-state index contributed by atoms with van der Waals surface area (Å²) >= 11 is 19.5. The van der Waals surface area contributed by atoms with Gasteiger partial charge in [0.25, 0.3) is 0 Å². The Hall–Kier alpha value is -5.34. The molecule has 0 radical (unpaired) electrons. The van der Waals surface area contributed by atoms with Crippen LogP contribution in [0.1, 0.15) is 155 Å². The highest BCUT2D eigenvalue weighted by atomic mass is 79.9. The number of aryl methyl sites for hydroxylation is 2. The lowest BCUT2D eigenvalue weighted by molar-refractivity contribution is -0.172. The second-order valence-electron chi connectivity index (χ2n) is 32.2. The molecule has 117 heavy (non-hydrogen) atoms. The smallest absolute Gasteiger partial charge is 0.408 e. The number of nitrogens with one attached hydrogen (secondary N) is 3. The zero-order chi connectivity index (χ0) is 90.0. The van der Waals surface area contributed by atoms with E-state index >= 15 is 0 Å². The van der Waals surface area contributed by atoms with E-state index < -0.39 is 132 Å². The number of rotatable bonds is 53. The number of carboxylic acid groups (broad SMARTS) is 1. The molecule has 35 nitrogen and oxygen atoms in total. The van der Waals surface area contributed by atoms with Crippen LogP contribution in [0.3, 0.4) is 0 Å². The summed E-state index contributed by atoms with van der Waals surface area (Å²) in [6.45, 7) is 29.7. The van der Waals surface area contributed by atoms with Crippen molar-refractivity contribution in [2.24, 2.45) is 36.6 Å². The van der Waals surface area contributed by atoms with Gasteiger partial charge in [0.1, 0.15) is 90.0 Å². The van der Waals surface area contributed by atoms with Crippen molar-refractivity contribution in [1.82, 2.24) is 35.1 Å². The molecule has 0 aromatic carbocycles. The van der Waals surface area contributed by atoms with Gasteiger partial charge in [0.05, 0.1) is 101 Å². The lowest BCUT2D eigenvalue weighted by atomic mass is 9.91. The number of carboxylic acids is 1. The van der Waals surface area contributed by atoms with Gasteiger partial charge in [-0.25, -0.2) is 14.8 Å². The third-order valence-corrected chi connectivity index (χ3v) is 17.0. The van der Waals surface area contributed by atoms with Crippen molar-refractivity contribution in [2.75, 3.05) is 139 Å². The third-order valence-electron chi connectivity index (χ3n) is 15.1. The number of alkyl carbamates (subject to hydrolysis) is 1. The largest absolute Gasteiger partial charge is 0.481 e. The van der Waals surface area contributed by atoms with E-state index in [0.717, 1.165) is 11.4 Å². The number of hydrogen-bond donors (Lipinski definition) is 5. The van der Waals surface area contributed by atoms with Crippen LogP contribution in [0.2, 0.25) is 0 Å². The summed E-state index contributed by atoms with van der Waals surface area (Å²) in [6, 6.07) is -0.791.